The van der Waals surface area contributed by atoms with Gasteiger partial charge in [-0.3, -0.25) is 0 Å². The highest BCUT2D eigenvalue weighted by molar-refractivity contribution is 7.98. The first kappa shape index (κ1) is 14.0. The summed E-state index contributed by atoms with van der Waals surface area (Å²) in [7, 11) is 4.07. The zero-order valence-corrected chi connectivity index (χ0v) is 13.4. The van der Waals surface area contributed by atoms with Crippen LogP contribution in [0.4, 0.5) is 11.6 Å². The first-order valence-corrected chi connectivity index (χ1v) is 8.74. The van der Waals surface area contributed by atoms with Crippen LogP contribution in [-0.4, -0.2) is 36.9 Å². The van der Waals surface area contributed by atoms with Crippen molar-refractivity contribution >= 4 is 23.4 Å². The first-order valence-electron chi connectivity index (χ1n) is 7.51. The van der Waals surface area contributed by atoms with Gasteiger partial charge in [0.25, 0.3) is 0 Å². The monoisotopic (exact) mass is 292 g/mol. The lowest BCUT2D eigenvalue weighted by Gasteiger charge is -2.28. The zero-order valence-electron chi connectivity index (χ0n) is 12.6. The molecule has 4 nitrogen and oxygen atoms in total. The van der Waals surface area contributed by atoms with Crippen LogP contribution in [-0.2, 0) is 0 Å². The zero-order chi connectivity index (χ0) is 14.1. The molecule has 3 atom stereocenters. The van der Waals surface area contributed by atoms with E-state index in [1.54, 1.807) is 11.8 Å². The second-order valence-electron chi connectivity index (χ2n) is 6.16. The summed E-state index contributed by atoms with van der Waals surface area (Å²) in [6.07, 6.45) is 7.84. The van der Waals surface area contributed by atoms with Crippen molar-refractivity contribution in [3.8, 4) is 0 Å². The number of hydrogen-bond acceptors (Lipinski definition) is 5. The van der Waals surface area contributed by atoms with Gasteiger partial charge in [-0.05, 0) is 43.3 Å². The van der Waals surface area contributed by atoms with Gasteiger partial charge in [-0.25, -0.2) is 9.97 Å². The second-order valence-corrected chi connectivity index (χ2v) is 6.94. The fraction of sp³-hybridized carbons (Fsp3) is 0.733. The molecule has 1 N–H and O–H groups in total. The molecule has 20 heavy (non-hydrogen) atoms. The Hall–Kier alpha value is -0.970. The lowest BCUT2D eigenvalue weighted by atomic mass is 9.88. The number of hydrogen-bond donors (Lipinski definition) is 1. The Labute approximate surface area is 125 Å². The van der Waals surface area contributed by atoms with Gasteiger partial charge in [0.15, 0.2) is 5.16 Å². The summed E-state index contributed by atoms with van der Waals surface area (Å²) in [5, 5.41) is 3.97. The quantitative estimate of drug-likeness (QED) is 0.667. The minimum absolute atomic E-state index is 0.839. The Morgan fingerprint density at radius 3 is 2.80 bits per heavy atom. The number of aromatic nitrogens is 2. The minimum Gasteiger partial charge on any atom is -0.373 e. The average molecular weight is 292 g/mol. The van der Waals surface area contributed by atoms with E-state index in [1.807, 2.05) is 19.4 Å². The molecule has 2 fully saturated rings. The topological polar surface area (TPSA) is 41.0 Å². The number of rotatable bonds is 5. The number of thioether (sulfide) groups is 1. The van der Waals surface area contributed by atoms with Crippen LogP contribution in [0, 0.1) is 17.8 Å². The van der Waals surface area contributed by atoms with Gasteiger partial charge in [0, 0.05) is 26.7 Å². The Morgan fingerprint density at radius 1 is 1.35 bits per heavy atom. The van der Waals surface area contributed by atoms with E-state index in [1.165, 1.54) is 25.7 Å². The van der Waals surface area contributed by atoms with Crippen LogP contribution in [0.1, 0.15) is 25.7 Å². The van der Waals surface area contributed by atoms with Gasteiger partial charge in [-0.2, -0.15) is 0 Å². The Bertz CT molecular complexity index is 457. The van der Waals surface area contributed by atoms with E-state index >= 15 is 0 Å². The average Bonchev–Trinajstić information content (AvgIpc) is 3.09. The third-order valence-electron chi connectivity index (χ3n) is 4.91. The highest BCUT2D eigenvalue weighted by Crippen LogP contribution is 2.48. The Balaban J connectivity index is 1.71. The maximum absolute atomic E-state index is 4.64. The van der Waals surface area contributed by atoms with Crippen molar-refractivity contribution in [3.05, 3.63) is 6.07 Å². The summed E-state index contributed by atoms with van der Waals surface area (Å²) in [5.74, 6) is 4.78. The van der Waals surface area contributed by atoms with Crippen molar-refractivity contribution in [3.63, 3.8) is 0 Å². The summed E-state index contributed by atoms with van der Waals surface area (Å²) in [5.41, 5.74) is 0. The molecule has 2 saturated carbocycles. The molecule has 2 aliphatic rings. The third kappa shape index (κ3) is 2.73. The molecule has 3 rings (SSSR count). The van der Waals surface area contributed by atoms with Crippen molar-refractivity contribution in [2.75, 3.05) is 37.1 Å². The van der Waals surface area contributed by atoms with E-state index in [9.17, 15) is 0 Å². The van der Waals surface area contributed by atoms with E-state index in [0.29, 0.717) is 0 Å². The summed E-state index contributed by atoms with van der Waals surface area (Å²) in [4.78, 5) is 11.4. The van der Waals surface area contributed by atoms with Gasteiger partial charge in [0.1, 0.15) is 11.6 Å². The normalized spacial score (nSPS) is 27.9. The van der Waals surface area contributed by atoms with Gasteiger partial charge in [-0.15, -0.1) is 0 Å². The SMILES string of the molecule is CNc1cc(N(C)CC2CC3CCC2C3)nc(SC)n1. The third-order valence-corrected chi connectivity index (χ3v) is 5.46. The lowest BCUT2D eigenvalue weighted by molar-refractivity contribution is 0.337. The van der Waals surface area contributed by atoms with Crippen molar-refractivity contribution in [1.29, 1.82) is 0 Å². The van der Waals surface area contributed by atoms with E-state index in [-0.39, 0.29) is 0 Å². The van der Waals surface area contributed by atoms with Crippen LogP contribution < -0.4 is 10.2 Å². The first-order chi connectivity index (χ1) is 9.69. The molecule has 0 radical (unpaired) electrons. The van der Waals surface area contributed by atoms with Crippen LogP contribution >= 0.6 is 11.8 Å². The van der Waals surface area contributed by atoms with E-state index in [4.69, 9.17) is 0 Å². The number of fused-ring (bicyclic) bond motifs is 2. The molecule has 1 aromatic heterocycles. The molecule has 0 spiro atoms. The molecule has 0 saturated heterocycles. The molecule has 5 heteroatoms. The molecule has 2 bridgehead atoms. The number of nitrogens with zero attached hydrogens (tertiary/aromatic N) is 3. The predicted molar refractivity (Wildman–Crippen MR) is 85.6 cm³/mol. The summed E-state index contributed by atoms with van der Waals surface area (Å²) < 4.78 is 0. The molecular weight excluding hydrogens is 268 g/mol. The standard InChI is InChI=1S/C15H24N4S/c1-16-13-8-14(18-15(17-13)20-3)19(2)9-12-7-10-4-5-11(12)6-10/h8,10-12H,4-7,9H2,1-3H3,(H,16,17,18). The maximum atomic E-state index is 4.64. The van der Waals surface area contributed by atoms with Crippen molar-refractivity contribution < 1.29 is 0 Å². The number of nitrogens with one attached hydrogen (secondary N) is 1. The molecule has 0 aromatic carbocycles. The highest BCUT2D eigenvalue weighted by atomic mass is 32.2. The molecule has 0 amide bonds. The van der Waals surface area contributed by atoms with Crippen LogP contribution in [0.15, 0.2) is 11.2 Å². The highest BCUT2D eigenvalue weighted by Gasteiger charge is 2.39. The van der Waals surface area contributed by atoms with Crippen LogP contribution in [0.3, 0.4) is 0 Å². The van der Waals surface area contributed by atoms with Crippen molar-refractivity contribution in [2.45, 2.75) is 30.8 Å². The van der Waals surface area contributed by atoms with E-state index in [2.05, 4.69) is 27.2 Å². The van der Waals surface area contributed by atoms with Crippen LogP contribution in [0.2, 0.25) is 0 Å². The molecule has 1 heterocycles. The summed E-state index contributed by atoms with van der Waals surface area (Å²) in [6, 6.07) is 2.05. The van der Waals surface area contributed by atoms with E-state index < -0.39 is 0 Å². The Kier molecular flexibility index (Phi) is 4.06. The molecule has 0 aliphatic heterocycles. The molecule has 110 valence electrons. The lowest BCUT2D eigenvalue weighted by Crippen LogP contribution is -2.29. The molecule has 1 aromatic rings. The second kappa shape index (κ2) is 5.80. The molecule has 2 aliphatic carbocycles. The minimum atomic E-state index is 0.839. The number of anilines is 2. The van der Waals surface area contributed by atoms with Gasteiger partial charge in [0.2, 0.25) is 0 Å². The molecular formula is C15H24N4S. The van der Waals surface area contributed by atoms with Crippen LogP contribution in [0.25, 0.3) is 0 Å². The van der Waals surface area contributed by atoms with Crippen molar-refractivity contribution in [1.82, 2.24) is 9.97 Å². The summed E-state index contributed by atoms with van der Waals surface area (Å²) in [6.45, 7) is 1.13. The smallest absolute Gasteiger partial charge is 0.191 e. The van der Waals surface area contributed by atoms with Gasteiger partial charge in [-0.1, -0.05) is 18.2 Å². The van der Waals surface area contributed by atoms with Crippen LogP contribution in [0.5, 0.6) is 0 Å². The molecule has 3 unspecified atom stereocenters. The predicted octanol–water partition coefficient (Wildman–Crippen LogP) is 3.11. The van der Waals surface area contributed by atoms with Crippen molar-refractivity contribution in [2.24, 2.45) is 17.8 Å². The maximum Gasteiger partial charge on any atom is 0.191 e. The summed E-state index contributed by atoms with van der Waals surface area (Å²) >= 11 is 1.60. The van der Waals surface area contributed by atoms with Gasteiger partial charge >= 0.3 is 0 Å². The fourth-order valence-corrected chi connectivity index (χ4v) is 4.25. The van der Waals surface area contributed by atoms with Gasteiger partial charge in [0.05, 0.1) is 0 Å². The Morgan fingerprint density at radius 2 is 2.20 bits per heavy atom. The van der Waals surface area contributed by atoms with E-state index in [0.717, 1.165) is 41.1 Å². The van der Waals surface area contributed by atoms with Gasteiger partial charge < -0.3 is 10.2 Å². The largest absolute Gasteiger partial charge is 0.373 e. The fourth-order valence-electron chi connectivity index (χ4n) is 3.87.